The van der Waals surface area contributed by atoms with Crippen LogP contribution in [0.3, 0.4) is 0 Å². The van der Waals surface area contributed by atoms with Crippen molar-refractivity contribution in [1.29, 1.82) is 0 Å². The maximum atomic E-state index is 10.5. The molecular weight excluding hydrogens is 1180 g/mol. The highest BCUT2D eigenvalue weighted by Crippen LogP contribution is 2.31. The Morgan fingerprint density at radius 3 is 0.693 bits per heavy atom. The van der Waals surface area contributed by atoms with Gasteiger partial charge in [-0.1, -0.05) is 309 Å². The van der Waals surface area contributed by atoms with Crippen LogP contribution in [0.2, 0.25) is 133 Å². The van der Waals surface area contributed by atoms with Crippen molar-refractivity contribution < 1.29 is 15.3 Å². The maximum Gasteiger partial charge on any atom is 0.132 e. The van der Waals surface area contributed by atoms with E-state index in [4.69, 9.17) is 0 Å². The Hall–Kier alpha value is -0.379. The molecule has 3 atom stereocenters. The molecule has 3 rings (SSSR count). The average Bonchev–Trinajstić information content (AvgIpc) is 3.60. The van der Waals surface area contributed by atoms with Gasteiger partial charge >= 0.3 is 0 Å². The zero-order valence-corrected chi connectivity index (χ0v) is 67.3. The van der Waals surface area contributed by atoms with E-state index in [0.29, 0.717) is 0 Å². The van der Waals surface area contributed by atoms with Crippen molar-refractivity contribution >= 4 is 48.4 Å². The lowest BCUT2D eigenvalue weighted by Crippen LogP contribution is -2.55. The molecule has 0 aromatic heterocycles. The number of nitrogens with one attached hydrogen (secondary N) is 6. The molecule has 0 saturated carbocycles. The lowest BCUT2D eigenvalue weighted by Gasteiger charge is -2.33. The molecule has 3 fully saturated rings. The third-order valence-corrected chi connectivity index (χ3v) is 38.5. The minimum Gasteiger partial charge on any atom is -0.392 e. The van der Waals surface area contributed by atoms with Gasteiger partial charge in [0.2, 0.25) is 0 Å². The minimum absolute atomic E-state index is 0.0613. The molecule has 3 aliphatic rings. The Kier molecular flexibility index (Phi) is 39.3. The van der Waals surface area contributed by atoms with E-state index in [9.17, 15) is 15.3 Å². The summed E-state index contributed by atoms with van der Waals surface area (Å²) in [4.78, 5) is 0. The molecule has 9 nitrogen and oxygen atoms in total. The van der Waals surface area contributed by atoms with E-state index in [1.165, 1.54) is 189 Å². The Balaban J connectivity index is 1.38. The van der Waals surface area contributed by atoms with Crippen LogP contribution >= 0.6 is 0 Å². The van der Waals surface area contributed by atoms with Crippen LogP contribution in [-0.4, -0.2) is 140 Å². The summed E-state index contributed by atoms with van der Waals surface area (Å²) in [6.07, 6.45) is 29.1. The van der Waals surface area contributed by atoms with Crippen LogP contribution in [0.15, 0.2) is 0 Å². The standard InChI is InChI=1S/C73H148N6O3Si6/c1-61(2)71(80)65-55-74-68(75-56-65)40-52-86(13,14)49-34-22-31-46-83(7,8)43-28-19-25-37-64(38-26-20-29-44-84(9,10)47-32-23-35-50-87(15,16)53-41-69-76-57-66(58-77-69)72(81)62(3)4)39-27-21-30-45-85(11,12)48-33-24-36-51-88(17,18)54-42-70-78-59-67(60-79-70)73(82)63(5)6/h61-82H,19-39,43-51,55-60H2,1-18H3/t64?,65?,66?,67?,68?,69?,70?,71-,72-,73-/m0/s1. The molecule has 0 aromatic rings. The summed E-state index contributed by atoms with van der Waals surface area (Å²) in [6.45, 7) is 48.5. The summed E-state index contributed by atoms with van der Waals surface area (Å²) in [5, 5.41) is 52.8. The van der Waals surface area contributed by atoms with Crippen molar-refractivity contribution in [2.45, 2.75) is 346 Å². The second kappa shape index (κ2) is 42.2. The number of aliphatic hydroxyl groups excluding tert-OH is 3. The Morgan fingerprint density at radius 1 is 0.295 bits per heavy atom. The summed E-state index contributed by atoms with van der Waals surface area (Å²) in [5.41, 5.74) is 11.2. The largest absolute Gasteiger partial charge is 0.392 e. The Bertz CT molecular complexity index is 1820. The van der Waals surface area contributed by atoms with E-state index in [1.54, 1.807) is 0 Å². The molecule has 0 aromatic carbocycles. The number of hydrogen-bond donors (Lipinski definition) is 9. The molecular formula is C73H148N6O3Si6. The van der Waals surface area contributed by atoms with Gasteiger partial charge in [0.15, 0.2) is 0 Å². The third-order valence-electron chi connectivity index (χ3n) is 21.0. The SMILES string of the molecule is CC(C)[C@H](O)C1CNC(C#C[Si](C)(C)CCCCC[Si](C)(C)CCCCCC(CCCCC[Si](C)(C)CCCCC[Si](C)(C)C#CC2NCC([C@@H](O)C(C)C)CN2)CCCCC[Si](C)(C)CCCCC[Si](C)(C)C#CC2NCC([C@@H](O)C(C)C)CN2)NC1. The Labute approximate surface area is 553 Å². The first-order chi connectivity index (χ1) is 41.3. The van der Waals surface area contributed by atoms with Crippen molar-refractivity contribution in [2.24, 2.45) is 41.4 Å². The predicted molar refractivity (Wildman–Crippen MR) is 404 cm³/mol. The molecule has 88 heavy (non-hydrogen) atoms. The van der Waals surface area contributed by atoms with Gasteiger partial charge in [0.05, 0.1) is 18.3 Å². The van der Waals surface area contributed by atoms with E-state index in [1.807, 2.05) is 0 Å². The van der Waals surface area contributed by atoms with E-state index >= 15 is 0 Å². The van der Waals surface area contributed by atoms with E-state index in [2.05, 4.69) is 186 Å². The first kappa shape index (κ1) is 81.9. The number of unbranched alkanes of at least 4 members (excludes halogenated alkanes) is 12. The molecule has 0 spiro atoms. The first-order valence-electron chi connectivity index (χ1n) is 37.3. The topological polar surface area (TPSA) is 133 Å². The van der Waals surface area contributed by atoms with Gasteiger partial charge < -0.3 is 15.3 Å². The molecule has 15 heteroatoms. The number of aliphatic hydroxyl groups is 3. The zero-order chi connectivity index (χ0) is 65.4. The molecule has 0 unspecified atom stereocenters. The molecule has 3 aliphatic heterocycles. The first-order valence-corrected chi connectivity index (χ1v) is 57.2. The highest BCUT2D eigenvalue weighted by Gasteiger charge is 2.31. The summed E-state index contributed by atoms with van der Waals surface area (Å²) >= 11 is 0. The molecule has 0 aliphatic carbocycles. The van der Waals surface area contributed by atoms with Gasteiger partial charge in [0.25, 0.3) is 0 Å². The van der Waals surface area contributed by atoms with Gasteiger partial charge in [-0.2, -0.15) is 0 Å². The van der Waals surface area contributed by atoms with E-state index in [-0.39, 0.29) is 72.3 Å². The Morgan fingerprint density at radius 2 is 0.489 bits per heavy atom. The van der Waals surface area contributed by atoms with Gasteiger partial charge in [-0.3, -0.25) is 31.9 Å². The fourth-order valence-electron chi connectivity index (χ4n) is 14.2. The van der Waals surface area contributed by atoms with Crippen LogP contribution in [0.5, 0.6) is 0 Å². The van der Waals surface area contributed by atoms with Crippen LogP contribution in [0, 0.1) is 75.8 Å². The van der Waals surface area contributed by atoms with Crippen LogP contribution in [0.1, 0.15) is 176 Å². The molecule has 0 radical (unpaired) electrons. The van der Waals surface area contributed by atoms with Gasteiger partial charge in [0.1, 0.15) is 42.7 Å². The number of hydrogen-bond acceptors (Lipinski definition) is 9. The van der Waals surface area contributed by atoms with Crippen molar-refractivity contribution in [3.63, 3.8) is 0 Å². The molecule has 3 saturated heterocycles. The maximum absolute atomic E-state index is 10.5. The van der Waals surface area contributed by atoms with Crippen LogP contribution in [0.25, 0.3) is 0 Å². The predicted octanol–water partition coefficient (Wildman–Crippen LogP) is 16.1. The van der Waals surface area contributed by atoms with Gasteiger partial charge in [-0.25, -0.2) is 0 Å². The van der Waals surface area contributed by atoms with Crippen molar-refractivity contribution in [3.05, 3.63) is 0 Å². The fourth-order valence-corrected chi connectivity index (χ4v) is 27.6. The fraction of sp³-hybridized carbons (Fsp3) is 0.918. The summed E-state index contributed by atoms with van der Waals surface area (Å²) in [7, 11) is -8.18. The van der Waals surface area contributed by atoms with E-state index in [0.717, 1.165) is 45.2 Å². The van der Waals surface area contributed by atoms with Gasteiger partial charge in [0, 0.05) is 81.2 Å². The molecule has 3 heterocycles. The van der Waals surface area contributed by atoms with Crippen molar-refractivity contribution in [2.75, 3.05) is 39.3 Å². The van der Waals surface area contributed by atoms with Crippen molar-refractivity contribution in [1.82, 2.24) is 31.9 Å². The normalized spacial score (nSPS) is 22.4. The smallest absolute Gasteiger partial charge is 0.132 e. The summed E-state index contributed by atoms with van der Waals surface area (Å²) < 4.78 is 0. The highest BCUT2D eigenvalue weighted by atomic mass is 28.3. The molecule has 0 amide bonds. The lowest BCUT2D eigenvalue weighted by atomic mass is 9.90. The second-order valence-electron chi connectivity index (χ2n) is 34.5. The van der Waals surface area contributed by atoms with E-state index < -0.39 is 48.4 Å². The summed E-state index contributed by atoms with van der Waals surface area (Å²) in [5.74, 6) is 13.2. The summed E-state index contributed by atoms with van der Waals surface area (Å²) in [6, 6.07) is 12.9. The quantitative estimate of drug-likeness (QED) is 0.0167. The second-order valence-corrected chi connectivity index (χ2v) is 64.1. The molecule has 512 valence electrons. The van der Waals surface area contributed by atoms with Gasteiger partial charge in [-0.05, 0) is 41.8 Å². The number of rotatable bonds is 42. The monoisotopic (exact) mass is 1330 g/mol. The molecule has 0 bridgehead atoms. The average molecular weight is 1330 g/mol. The highest BCUT2D eigenvalue weighted by molar-refractivity contribution is 6.86. The van der Waals surface area contributed by atoms with Gasteiger partial charge in [-0.15, -0.1) is 16.6 Å². The lowest BCUT2D eigenvalue weighted by molar-refractivity contribution is 0.0528. The van der Waals surface area contributed by atoms with Crippen LogP contribution < -0.4 is 31.9 Å². The van der Waals surface area contributed by atoms with Crippen LogP contribution in [-0.2, 0) is 0 Å². The zero-order valence-electron chi connectivity index (χ0n) is 61.3. The minimum atomic E-state index is -1.56. The molecule has 9 N–H and O–H groups in total. The van der Waals surface area contributed by atoms with Crippen molar-refractivity contribution in [3.8, 4) is 34.4 Å². The van der Waals surface area contributed by atoms with Crippen LogP contribution in [0.4, 0.5) is 0 Å². The third kappa shape index (κ3) is 37.1.